The fourth-order valence-corrected chi connectivity index (χ4v) is 0.453. The topological polar surface area (TPSA) is 26.0 Å². The van der Waals surface area contributed by atoms with Gasteiger partial charge in [-0.15, -0.1) is 9.24 Å². The summed E-state index contributed by atoms with van der Waals surface area (Å²) in [5.41, 5.74) is 6.18. The van der Waals surface area contributed by atoms with Gasteiger partial charge in [-0.3, -0.25) is 0 Å². The van der Waals surface area contributed by atoms with Crippen LogP contribution in [-0.2, 0) is 0 Å². The molecule has 0 heterocycles. The summed E-state index contributed by atoms with van der Waals surface area (Å²) < 4.78 is 0. The molecule has 0 aliphatic rings. The Hall–Kier alpha value is -0.550. The number of hydrogen-bond donors (Lipinski definition) is 1. The van der Waals surface area contributed by atoms with E-state index in [9.17, 15) is 0 Å². The molecule has 1 rings (SSSR count). The molecule has 1 atom stereocenters. The molecule has 0 radical (unpaired) electrons. The minimum atomic E-state index is 0.822. The van der Waals surface area contributed by atoms with E-state index in [1.807, 2.05) is 44.2 Å². The van der Waals surface area contributed by atoms with Crippen molar-refractivity contribution < 1.29 is 0 Å². The molecule has 0 saturated heterocycles. The maximum absolute atomic E-state index is 5.36. The van der Waals surface area contributed by atoms with Gasteiger partial charge in [-0.25, -0.2) is 0 Å². The summed E-state index contributed by atoms with van der Waals surface area (Å²) in [5.74, 6) is 0. The number of para-hydroxylation sites is 1. The van der Waals surface area contributed by atoms with Gasteiger partial charge in [0.1, 0.15) is 0 Å². The van der Waals surface area contributed by atoms with Gasteiger partial charge < -0.3 is 5.73 Å². The van der Waals surface area contributed by atoms with Crippen molar-refractivity contribution in [3.63, 3.8) is 0 Å². The van der Waals surface area contributed by atoms with Gasteiger partial charge in [-0.1, -0.05) is 39.0 Å². The minimum absolute atomic E-state index is 0.822. The zero-order valence-corrected chi connectivity index (χ0v) is 9.40. The number of nitrogens with two attached hydrogens (primary N) is 1. The molecular weight excluding hydrogens is 165 g/mol. The van der Waals surface area contributed by atoms with Crippen LogP contribution >= 0.6 is 9.24 Å². The normalized spacial score (nSPS) is 7.00. The van der Waals surface area contributed by atoms with Gasteiger partial charge in [0.2, 0.25) is 0 Å². The second-order valence-electron chi connectivity index (χ2n) is 1.82. The maximum Gasteiger partial charge on any atom is 0.0313 e. The first-order valence-electron chi connectivity index (χ1n) is 4.31. The van der Waals surface area contributed by atoms with Crippen molar-refractivity contribution in [1.82, 2.24) is 0 Å². The third-order valence-corrected chi connectivity index (χ3v) is 0.800. The summed E-state index contributed by atoms with van der Waals surface area (Å²) in [4.78, 5) is 0. The number of benzene rings is 1. The molecule has 0 saturated carbocycles. The summed E-state index contributed by atoms with van der Waals surface area (Å²) in [7, 11) is 2.58. The lowest BCUT2D eigenvalue weighted by Gasteiger charge is -1.83. The zero-order chi connectivity index (χ0) is 9.82. The van der Waals surface area contributed by atoms with Crippen molar-refractivity contribution >= 4 is 14.9 Å². The van der Waals surface area contributed by atoms with E-state index in [1.165, 1.54) is 6.16 Å². The highest BCUT2D eigenvalue weighted by Crippen LogP contribution is 1.95. The molecule has 2 heteroatoms. The monoisotopic (exact) mass is 185 g/mol. The summed E-state index contributed by atoms with van der Waals surface area (Å²) in [5, 5.41) is 0. The highest BCUT2D eigenvalue weighted by atomic mass is 31.0. The summed E-state index contributed by atoms with van der Waals surface area (Å²) in [6.07, 6.45) is 1.17. The van der Waals surface area contributed by atoms with Crippen LogP contribution in [-0.4, -0.2) is 6.16 Å². The molecule has 1 nitrogen and oxygen atoms in total. The first-order valence-corrected chi connectivity index (χ1v) is 5.13. The standard InChI is InChI=1S/C6H7N.C2H7P.C2H6/c7-6-4-2-1-3-5-6;1-2-3;1-2/h1-5H,7H2;2-3H2,1H3;1-2H3. The lowest BCUT2D eigenvalue weighted by Crippen LogP contribution is -1.79. The summed E-state index contributed by atoms with van der Waals surface area (Å²) >= 11 is 0. The number of rotatable bonds is 0. The van der Waals surface area contributed by atoms with E-state index in [1.54, 1.807) is 0 Å². The Morgan fingerprint density at radius 3 is 1.67 bits per heavy atom. The Bertz CT molecular complexity index is 151. The van der Waals surface area contributed by atoms with E-state index < -0.39 is 0 Å². The molecule has 0 fully saturated rings. The fraction of sp³-hybridized carbons (Fsp3) is 0.400. The third kappa shape index (κ3) is 12.2. The van der Waals surface area contributed by atoms with E-state index in [-0.39, 0.29) is 0 Å². The Kier molecular flexibility index (Phi) is 15.2. The molecule has 1 aromatic rings. The first-order chi connectivity index (χ1) is 5.81. The molecule has 0 aliphatic carbocycles. The second-order valence-corrected chi connectivity index (χ2v) is 2.64. The molecule has 0 aliphatic heterocycles. The van der Waals surface area contributed by atoms with Crippen LogP contribution in [0, 0.1) is 0 Å². The van der Waals surface area contributed by atoms with Crippen molar-refractivity contribution in [2.24, 2.45) is 0 Å². The largest absolute Gasteiger partial charge is 0.399 e. The number of nitrogen functional groups attached to an aromatic ring is 1. The zero-order valence-electron chi connectivity index (χ0n) is 8.25. The van der Waals surface area contributed by atoms with Crippen LogP contribution in [0.3, 0.4) is 0 Å². The van der Waals surface area contributed by atoms with Crippen LogP contribution in [0.15, 0.2) is 30.3 Å². The van der Waals surface area contributed by atoms with Crippen molar-refractivity contribution in [1.29, 1.82) is 0 Å². The average molecular weight is 185 g/mol. The van der Waals surface area contributed by atoms with Crippen molar-refractivity contribution in [2.45, 2.75) is 20.8 Å². The van der Waals surface area contributed by atoms with Crippen molar-refractivity contribution in [3.05, 3.63) is 30.3 Å². The van der Waals surface area contributed by atoms with E-state index in [4.69, 9.17) is 5.73 Å². The smallest absolute Gasteiger partial charge is 0.0313 e. The van der Waals surface area contributed by atoms with Gasteiger partial charge in [0.05, 0.1) is 0 Å². The van der Waals surface area contributed by atoms with E-state index >= 15 is 0 Å². The SMILES string of the molecule is CC.CCP.Nc1ccccc1. The van der Waals surface area contributed by atoms with Gasteiger partial charge in [0, 0.05) is 5.69 Å². The van der Waals surface area contributed by atoms with Gasteiger partial charge >= 0.3 is 0 Å². The Balaban J connectivity index is 0. The molecule has 0 spiro atoms. The molecule has 0 amide bonds. The molecule has 1 unspecified atom stereocenters. The average Bonchev–Trinajstić information content (AvgIpc) is 2.11. The fourth-order valence-electron chi connectivity index (χ4n) is 0.453. The van der Waals surface area contributed by atoms with Crippen molar-refractivity contribution in [3.8, 4) is 0 Å². The molecular formula is C10H20NP. The molecule has 12 heavy (non-hydrogen) atoms. The summed E-state index contributed by atoms with van der Waals surface area (Å²) in [6, 6.07) is 9.49. The predicted octanol–water partition coefficient (Wildman–Crippen LogP) is 3.18. The second kappa shape index (κ2) is 13.1. The minimum Gasteiger partial charge on any atom is -0.399 e. The molecule has 0 aromatic heterocycles. The van der Waals surface area contributed by atoms with E-state index in [2.05, 4.69) is 16.2 Å². The van der Waals surface area contributed by atoms with Gasteiger partial charge in [-0.05, 0) is 18.3 Å². The third-order valence-electron chi connectivity index (χ3n) is 0.800. The van der Waals surface area contributed by atoms with Gasteiger partial charge in [0.15, 0.2) is 0 Å². The van der Waals surface area contributed by atoms with Crippen LogP contribution in [0.1, 0.15) is 20.8 Å². The number of hydrogen-bond acceptors (Lipinski definition) is 1. The van der Waals surface area contributed by atoms with Crippen LogP contribution in [0.4, 0.5) is 5.69 Å². The van der Waals surface area contributed by atoms with E-state index in [0.717, 1.165) is 5.69 Å². The van der Waals surface area contributed by atoms with Gasteiger partial charge in [0.25, 0.3) is 0 Å². The van der Waals surface area contributed by atoms with Gasteiger partial charge in [-0.2, -0.15) is 0 Å². The highest BCUT2D eigenvalue weighted by Gasteiger charge is 1.72. The highest BCUT2D eigenvalue weighted by molar-refractivity contribution is 7.16. The lowest BCUT2D eigenvalue weighted by atomic mass is 10.3. The lowest BCUT2D eigenvalue weighted by molar-refractivity contribution is 1.50. The van der Waals surface area contributed by atoms with Crippen LogP contribution in [0.5, 0.6) is 0 Å². The number of anilines is 1. The Labute approximate surface area is 78.6 Å². The molecule has 2 N–H and O–H groups in total. The summed E-state index contributed by atoms with van der Waals surface area (Å²) in [6.45, 7) is 6.09. The maximum atomic E-state index is 5.36. The first kappa shape index (κ1) is 14.0. The quantitative estimate of drug-likeness (QED) is 0.487. The predicted molar refractivity (Wildman–Crippen MR) is 62.5 cm³/mol. The molecule has 0 bridgehead atoms. The Morgan fingerprint density at radius 2 is 1.50 bits per heavy atom. The Morgan fingerprint density at radius 1 is 1.17 bits per heavy atom. The molecule has 70 valence electrons. The van der Waals surface area contributed by atoms with Crippen molar-refractivity contribution in [2.75, 3.05) is 11.9 Å². The molecule has 1 aromatic carbocycles. The van der Waals surface area contributed by atoms with Crippen LogP contribution < -0.4 is 5.73 Å². The van der Waals surface area contributed by atoms with Crippen LogP contribution in [0.2, 0.25) is 0 Å². The van der Waals surface area contributed by atoms with Crippen LogP contribution in [0.25, 0.3) is 0 Å². The van der Waals surface area contributed by atoms with E-state index in [0.29, 0.717) is 0 Å².